The van der Waals surface area contributed by atoms with Crippen molar-refractivity contribution in [2.75, 3.05) is 5.75 Å². The maximum absolute atomic E-state index is 2.28. The Hall–Kier alpha value is 0.350. The molecule has 0 N–H and O–H groups in total. The fraction of sp³-hybridized carbons (Fsp3) is 1.00. The van der Waals surface area contributed by atoms with Crippen LogP contribution < -0.4 is 0 Å². The number of hydrogen-bond donors (Lipinski definition) is 0. The van der Waals surface area contributed by atoms with Gasteiger partial charge in [0.1, 0.15) is 0 Å². The molecule has 1 fully saturated rings. The van der Waals surface area contributed by atoms with E-state index in [-0.39, 0.29) is 0 Å². The van der Waals surface area contributed by atoms with E-state index < -0.39 is 0 Å². The van der Waals surface area contributed by atoms with Gasteiger partial charge >= 0.3 is 0 Å². The van der Waals surface area contributed by atoms with Crippen LogP contribution in [0.3, 0.4) is 0 Å². The molecule has 66 valence electrons. The molecule has 0 spiro atoms. The Labute approximate surface area is 75.1 Å². The molecule has 0 amide bonds. The molecule has 1 rings (SSSR count). The van der Waals surface area contributed by atoms with E-state index in [0.717, 1.165) is 11.2 Å². The summed E-state index contributed by atoms with van der Waals surface area (Å²) in [7, 11) is 0. The van der Waals surface area contributed by atoms with Gasteiger partial charge in [-0.15, -0.1) is 0 Å². The minimum atomic E-state index is 0.830. The lowest BCUT2D eigenvalue weighted by atomic mass is 10.2. The summed E-state index contributed by atoms with van der Waals surface area (Å²) in [5.41, 5.74) is 0. The van der Waals surface area contributed by atoms with Crippen LogP contribution in [0.1, 0.15) is 46.0 Å². The van der Waals surface area contributed by atoms with Crippen LogP contribution >= 0.6 is 11.8 Å². The molecule has 1 heteroatoms. The molecule has 1 aliphatic rings. The summed E-state index contributed by atoms with van der Waals surface area (Å²) in [6.45, 7) is 4.57. The maximum atomic E-state index is 2.28. The third kappa shape index (κ3) is 5.60. The van der Waals surface area contributed by atoms with Crippen molar-refractivity contribution in [1.82, 2.24) is 0 Å². The molecule has 0 unspecified atom stereocenters. The summed E-state index contributed by atoms with van der Waals surface area (Å²) in [6.07, 6.45) is 7.48. The van der Waals surface area contributed by atoms with Crippen LogP contribution in [0.15, 0.2) is 0 Å². The van der Waals surface area contributed by atoms with Gasteiger partial charge in [0.15, 0.2) is 0 Å². The zero-order valence-corrected chi connectivity index (χ0v) is 8.62. The second-order valence-electron chi connectivity index (χ2n) is 3.86. The van der Waals surface area contributed by atoms with Crippen molar-refractivity contribution in [1.29, 1.82) is 0 Å². The van der Waals surface area contributed by atoms with Crippen molar-refractivity contribution < 1.29 is 0 Å². The van der Waals surface area contributed by atoms with E-state index in [9.17, 15) is 0 Å². The molecule has 0 saturated heterocycles. The van der Waals surface area contributed by atoms with Crippen molar-refractivity contribution in [2.45, 2.75) is 51.2 Å². The SMILES string of the molecule is CC(C)SCCCCC1CC1. The fourth-order valence-corrected chi connectivity index (χ4v) is 2.10. The van der Waals surface area contributed by atoms with E-state index in [1.54, 1.807) is 0 Å². The maximum Gasteiger partial charge on any atom is -0.000968 e. The van der Waals surface area contributed by atoms with Crippen molar-refractivity contribution >= 4 is 11.8 Å². The van der Waals surface area contributed by atoms with Gasteiger partial charge in [-0.1, -0.05) is 39.5 Å². The van der Waals surface area contributed by atoms with Gasteiger partial charge in [-0.25, -0.2) is 0 Å². The smallest absolute Gasteiger partial charge is 0.000968 e. The number of unbranched alkanes of at least 4 members (excludes halogenated alkanes) is 1. The normalized spacial score (nSPS) is 17.7. The number of rotatable bonds is 6. The zero-order valence-electron chi connectivity index (χ0n) is 7.81. The van der Waals surface area contributed by atoms with Gasteiger partial charge in [-0.3, -0.25) is 0 Å². The largest absolute Gasteiger partial charge is 0.159 e. The highest BCUT2D eigenvalue weighted by Gasteiger charge is 2.19. The molecule has 0 aliphatic heterocycles. The summed E-state index contributed by atoms with van der Waals surface area (Å²) in [5.74, 6) is 2.52. The highest BCUT2D eigenvalue weighted by molar-refractivity contribution is 7.99. The van der Waals surface area contributed by atoms with E-state index in [2.05, 4.69) is 25.6 Å². The minimum absolute atomic E-state index is 0.830. The summed E-state index contributed by atoms with van der Waals surface area (Å²) in [4.78, 5) is 0. The Morgan fingerprint density at radius 3 is 2.55 bits per heavy atom. The van der Waals surface area contributed by atoms with Gasteiger partial charge in [-0.2, -0.15) is 11.8 Å². The third-order valence-corrected chi connectivity index (χ3v) is 3.35. The van der Waals surface area contributed by atoms with Gasteiger partial charge in [0.25, 0.3) is 0 Å². The molecular formula is C10H20S. The molecule has 0 radical (unpaired) electrons. The lowest BCUT2D eigenvalue weighted by Gasteiger charge is -2.03. The molecule has 1 saturated carbocycles. The summed E-state index contributed by atoms with van der Waals surface area (Å²) in [6, 6.07) is 0. The Kier molecular flexibility index (Phi) is 4.36. The second-order valence-corrected chi connectivity index (χ2v) is 5.54. The predicted octanol–water partition coefficient (Wildman–Crippen LogP) is 3.71. The van der Waals surface area contributed by atoms with Crippen molar-refractivity contribution in [3.63, 3.8) is 0 Å². The zero-order chi connectivity index (χ0) is 8.10. The summed E-state index contributed by atoms with van der Waals surface area (Å²) in [5, 5.41) is 0.830. The van der Waals surface area contributed by atoms with Crippen LogP contribution in [0.4, 0.5) is 0 Å². The van der Waals surface area contributed by atoms with Crippen molar-refractivity contribution in [3.8, 4) is 0 Å². The quantitative estimate of drug-likeness (QED) is 0.550. The molecule has 0 aromatic rings. The lowest BCUT2D eigenvalue weighted by molar-refractivity contribution is 0.658. The first kappa shape index (κ1) is 9.44. The molecular weight excluding hydrogens is 152 g/mol. The Bertz CT molecular complexity index is 91.0. The van der Waals surface area contributed by atoms with Crippen LogP contribution in [0.25, 0.3) is 0 Å². The number of thioether (sulfide) groups is 1. The van der Waals surface area contributed by atoms with Crippen LogP contribution in [-0.2, 0) is 0 Å². The standard InChI is InChI=1S/C10H20S/c1-9(2)11-8-4-3-5-10-6-7-10/h9-10H,3-8H2,1-2H3. The van der Waals surface area contributed by atoms with Gasteiger partial charge < -0.3 is 0 Å². The highest BCUT2D eigenvalue weighted by atomic mass is 32.2. The van der Waals surface area contributed by atoms with E-state index in [1.165, 1.54) is 37.9 Å². The molecule has 1 aliphatic carbocycles. The Balaban J connectivity index is 1.73. The van der Waals surface area contributed by atoms with Gasteiger partial charge in [0.2, 0.25) is 0 Å². The molecule has 0 aromatic carbocycles. The molecule has 0 bridgehead atoms. The van der Waals surface area contributed by atoms with Crippen LogP contribution in [0.2, 0.25) is 0 Å². The average molecular weight is 172 g/mol. The second kappa shape index (κ2) is 5.08. The van der Waals surface area contributed by atoms with E-state index in [0.29, 0.717) is 0 Å². The summed E-state index contributed by atoms with van der Waals surface area (Å²) < 4.78 is 0. The monoisotopic (exact) mass is 172 g/mol. The molecule has 0 heterocycles. The topological polar surface area (TPSA) is 0 Å². The first-order chi connectivity index (χ1) is 5.29. The van der Waals surface area contributed by atoms with E-state index >= 15 is 0 Å². The first-order valence-electron chi connectivity index (χ1n) is 4.90. The van der Waals surface area contributed by atoms with Crippen molar-refractivity contribution in [2.24, 2.45) is 5.92 Å². The van der Waals surface area contributed by atoms with Crippen LogP contribution in [0, 0.1) is 5.92 Å². The van der Waals surface area contributed by atoms with Gasteiger partial charge in [0, 0.05) is 0 Å². The van der Waals surface area contributed by atoms with Gasteiger partial charge in [-0.05, 0) is 23.3 Å². The lowest BCUT2D eigenvalue weighted by Crippen LogP contribution is -1.90. The Morgan fingerprint density at radius 2 is 2.00 bits per heavy atom. The first-order valence-corrected chi connectivity index (χ1v) is 5.95. The number of hydrogen-bond acceptors (Lipinski definition) is 1. The molecule has 0 aromatic heterocycles. The highest BCUT2D eigenvalue weighted by Crippen LogP contribution is 2.34. The average Bonchev–Trinajstić information content (AvgIpc) is 2.70. The molecule has 0 nitrogen and oxygen atoms in total. The minimum Gasteiger partial charge on any atom is -0.159 e. The fourth-order valence-electron chi connectivity index (χ4n) is 1.26. The Morgan fingerprint density at radius 1 is 1.27 bits per heavy atom. The van der Waals surface area contributed by atoms with E-state index in [4.69, 9.17) is 0 Å². The van der Waals surface area contributed by atoms with Crippen molar-refractivity contribution in [3.05, 3.63) is 0 Å². The van der Waals surface area contributed by atoms with Gasteiger partial charge in [0.05, 0.1) is 0 Å². The molecule has 11 heavy (non-hydrogen) atoms. The van der Waals surface area contributed by atoms with Crippen LogP contribution in [-0.4, -0.2) is 11.0 Å². The predicted molar refractivity (Wildman–Crippen MR) is 54.2 cm³/mol. The summed E-state index contributed by atoms with van der Waals surface area (Å²) >= 11 is 2.10. The van der Waals surface area contributed by atoms with E-state index in [1.807, 2.05) is 0 Å². The third-order valence-electron chi connectivity index (χ3n) is 2.15. The van der Waals surface area contributed by atoms with Crippen LogP contribution in [0.5, 0.6) is 0 Å². The molecule has 0 atom stereocenters.